The van der Waals surface area contributed by atoms with Crippen molar-refractivity contribution in [2.45, 2.75) is 77.0 Å². The van der Waals surface area contributed by atoms with Crippen molar-refractivity contribution in [3.8, 4) is 12.1 Å². The third kappa shape index (κ3) is 8.34. The summed E-state index contributed by atoms with van der Waals surface area (Å²) in [6, 6.07) is 12.8. The van der Waals surface area contributed by atoms with Crippen molar-refractivity contribution in [3.63, 3.8) is 0 Å². The molecule has 248 valence electrons. The first kappa shape index (κ1) is 37.2. The minimum absolute atomic E-state index is 0.107. The summed E-state index contributed by atoms with van der Waals surface area (Å²) in [4.78, 5) is 51.3. The molecule has 1 unspecified atom stereocenters. The number of ether oxygens (including phenoxy) is 1. The van der Waals surface area contributed by atoms with Gasteiger partial charge in [-0.15, -0.1) is 0 Å². The Balaban J connectivity index is 2.14. The van der Waals surface area contributed by atoms with Crippen LogP contribution in [0.25, 0.3) is 0 Å². The number of carbonyl (C=O) groups is 1. The van der Waals surface area contributed by atoms with Crippen LogP contribution in [0.1, 0.15) is 63.5 Å². The Bertz CT molecular complexity index is 1640. The first-order chi connectivity index (χ1) is 21.7. The van der Waals surface area contributed by atoms with Crippen LogP contribution in [-0.4, -0.2) is 62.6 Å². The molecule has 2 heterocycles. The van der Waals surface area contributed by atoms with E-state index in [1.165, 1.54) is 38.6 Å². The number of aromatic nitrogens is 2. The third-order valence-electron chi connectivity index (χ3n) is 7.57. The van der Waals surface area contributed by atoms with Crippen LogP contribution in [-0.2, 0) is 22.9 Å². The van der Waals surface area contributed by atoms with E-state index in [1.807, 2.05) is 27.7 Å². The number of nitriles is 2. The van der Waals surface area contributed by atoms with Gasteiger partial charge in [-0.25, -0.2) is 9.46 Å². The van der Waals surface area contributed by atoms with Gasteiger partial charge in [-0.2, -0.15) is 15.1 Å². The minimum Gasteiger partial charge on any atom is -0.347 e. The van der Waals surface area contributed by atoms with Crippen LogP contribution in [0.15, 0.2) is 64.1 Å². The fourth-order valence-corrected chi connectivity index (χ4v) is 7.69. The predicted octanol–water partition coefficient (Wildman–Crippen LogP) is 4.52. The lowest BCUT2D eigenvalue weighted by Gasteiger charge is -2.43. The molecule has 0 radical (unpaired) electrons. The Morgan fingerprint density at radius 1 is 1.17 bits per heavy atom. The lowest BCUT2D eigenvalue weighted by atomic mass is 9.96. The second kappa shape index (κ2) is 16.0. The van der Waals surface area contributed by atoms with Crippen molar-refractivity contribution in [2.75, 3.05) is 14.2 Å². The van der Waals surface area contributed by atoms with Gasteiger partial charge in [-0.05, 0) is 52.3 Å². The van der Waals surface area contributed by atoms with Crippen LogP contribution in [0.5, 0.6) is 0 Å². The average molecular weight is 676 g/mol. The SMILES string of the molecule is COP(=O)(/C=C/[C@H]1O[C@@H](n2ccc(=O)n(C(=O)c3ccccc3)c2=O)[C@H](CC#N)[C@@H]1OP(O)N(C(C)C)C(C)(C)CCC#N)OC. The quantitative estimate of drug-likeness (QED) is 0.276. The lowest BCUT2D eigenvalue weighted by Crippen LogP contribution is -2.46. The van der Waals surface area contributed by atoms with Gasteiger partial charge in [0.15, 0.2) is 0 Å². The van der Waals surface area contributed by atoms with Crippen molar-refractivity contribution >= 4 is 22.0 Å². The Hall–Kier alpha value is -3.29. The summed E-state index contributed by atoms with van der Waals surface area (Å²) in [5, 5.41) is 19.0. The van der Waals surface area contributed by atoms with Gasteiger partial charge in [0.1, 0.15) is 18.4 Å². The van der Waals surface area contributed by atoms with Crippen LogP contribution >= 0.6 is 16.1 Å². The standard InChI is InChI=1S/C30H39N5O9P2/c1-21(2)35(30(3,4)16-10-17-31)45(39)44-26-23(13-18-32)28(43-24(26)15-20-46(40,41-5)42-6)33-19-14-25(36)34(29(33)38)27(37)22-11-8-7-9-12-22/h7-9,11-12,14-15,19-21,23-24,26,28,39H,10,13,16H2,1-6H3/b20-15+/t23-,24-,26+,28-,45?/m1/s1. The molecule has 1 aliphatic rings. The van der Waals surface area contributed by atoms with E-state index in [2.05, 4.69) is 12.1 Å². The van der Waals surface area contributed by atoms with Gasteiger partial charge in [0, 0.05) is 68.2 Å². The van der Waals surface area contributed by atoms with Crippen molar-refractivity contribution < 1.29 is 32.6 Å². The van der Waals surface area contributed by atoms with E-state index in [4.69, 9.17) is 18.3 Å². The monoisotopic (exact) mass is 675 g/mol. The number of benzene rings is 1. The Kier molecular flexibility index (Phi) is 12.9. The van der Waals surface area contributed by atoms with Crippen LogP contribution in [0.2, 0.25) is 0 Å². The topological polar surface area (TPSA) is 186 Å². The molecule has 1 aromatic carbocycles. The summed E-state index contributed by atoms with van der Waals surface area (Å²) < 4.78 is 38.7. The number of nitrogens with zero attached hydrogens (tertiary/aromatic N) is 5. The highest BCUT2D eigenvalue weighted by Gasteiger charge is 2.49. The summed E-state index contributed by atoms with van der Waals surface area (Å²) in [6.07, 6.45) is -0.502. The molecule has 5 atom stereocenters. The number of hydrogen-bond donors (Lipinski definition) is 1. The maximum Gasteiger partial charge on any atom is 0.353 e. The van der Waals surface area contributed by atoms with Crippen molar-refractivity contribution in [1.82, 2.24) is 13.8 Å². The van der Waals surface area contributed by atoms with Gasteiger partial charge in [0.25, 0.3) is 20.0 Å². The van der Waals surface area contributed by atoms with Gasteiger partial charge in [-0.3, -0.25) is 18.7 Å². The highest BCUT2D eigenvalue weighted by atomic mass is 31.2. The molecule has 0 spiro atoms. The number of rotatable bonds is 14. The molecule has 1 saturated heterocycles. The molecule has 0 amide bonds. The molecule has 3 rings (SSSR count). The third-order valence-corrected chi connectivity index (χ3v) is 10.9. The smallest absolute Gasteiger partial charge is 0.347 e. The molecule has 0 saturated carbocycles. The largest absolute Gasteiger partial charge is 0.353 e. The Morgan fingerprint density at radius 3 is 2.39 bits per heavy atom. The van der Waals surface area contributed by atoms with Crippen LogP contribution in [0.3, 0.4) is 0 Å². The normalized spacial score (nSPS) is 21.0. The molecule has 46 heavy (non-hydrogen) atoms. The molecular weight excluding hydrogens is 636 g/mol. The van der Waals surface area contributed by atoms with E-state index in [0.717, 1.165) is 16.5 Å². The number of carbonyl (C=O) groups excluding carboxylic acids is 1. The summed E-state index contributed by atoms with van der Waals surface area (Å²) in [6.45, 7) is 7.47. The molecule has 14 nitrogen and oxygen atoms in total. The molecule has 16 heteroatoms. The van der Waals surface area contributed by atoms with E-state index in [1.54, 1.807) is 22.9 Å². The maximum atomic E-state index is 13.7. The van der Waals surface area contributed by atoms with Gasteiger partial charge in [0.05, 0.1) is 12.1 Å². The van der Waals surface area contributed by atoms with E-state index in [-0.39, 0.29) is 24.4 Å². The molecule has 1 aromatic heterocycles. The summed E-state index contributed by atoms with van der Waals surface area (Å²) >= 11 is 0. The zero-order valence-corrected chi connectivity index (χ0v) is 28.3. The predicted molar refractivity (Wildman–Crippen MR) is 169 cm³/mol. The second-order valence-corrected chi connectivity index (χ2v) is 14.6. The molecule has 1 aliphatic heterocycles. The average Bonchev–Trinajstić information content (AvgIpc) is 3.35. The molecule has 1 fully saturated rings. The van der Waals surface area contributed by atoms with Crippen molar-refractivity contribution in [1.29, 1.82) is 10.5 Å². The van der Waals surface area contributed by atoms with Crippen molar-refractivity contribution in [3.05, 3.63) is 80.9 Å². The van der Waals surface area contributed by atoms with E-state index in [9.17, 15) is 34.4 Å². The van der Waals surface area contributed by atoms with E-state index < -0.39 is 63.2 Å². The van der Waals surface area contributed by atoms with Gasteiger partial charge in [-0.1, -0.05) is 18.2 Å². The lowest BCUT2D eigenvalue weighted by molar-refractivity contribution is -0.00217. The van der Waals surface area contributed by atoms with E-state index in [0.29, 0.717) is 11.0 Å². The fraction of sp³-hybridized carbons (Fsp3) is 0.500. The zero-order valence-electron chi connectivity index (χ0n) is 26.5. The molecule has 2 aromatic rings. The summed E-state index contributed by atoms with van der Waals surface area (Å²) in [5.41, 5.74) is -2.44. The highest BCUT2D eigenvalue weighted by Crippen LogP contribution is 2.53. The highest BCUT2D eigenvalue weighted by molar-refractivity contribution is 7.57. The first-order valence-electron chi connectivity index (χ1n) is 14.4. The number of hydrogen-bond acceptors (Lipinski definition) is 12. The molecule has 0 aliphatic carbocycles. The summed E-state index contributed by atoms with van der Waals surface area (Å²) in [5.74, 6) is -0.622. The maximum absolute atomic E-state index is 13.7. The molecule has 0 bridgehead atoms. The molecular formula is C30H39N5O9P2. The van der Waals surface area contributed by atoms with Gasteiger partial charge in [0.2, 0.25) is 0 Å². The Morgan fingerprint density at radius 2 is 1.83 bits per heavy atom. The van der Waals surface area contributed by atoms with Gasteiger partial charge < -0.3 is 23.2 Å². The second-order valence-electron chi connectivity index (χ2n) is 11.3. The van der Waals surface area contributed by atoms with E-state index >= 15 is 0 Å². The zero-order chi connectivity index (χ0) is 34.2. The minimum atomic E-state index is -3.70. The Labute approximate surface area is 268 Å². The van der Waals surface area contributed by atoms with Gasteiger partial charge >= 0.3 is 13.3 Å². The van der Waals surface area contributed by atoms with Crippen LogP contribution < -0.4 is 11.2 Å². The van der Waals surface area contributed by atoms with Crippen LogP contribution in [0.4, 0.5) is 0 Å². The molecule has 1 N–H and O–H groups in total. The first-order valence-corrected chi connectivity index (χ1v) is 17.2. The fourth-order valence-electron chi connectivity index (χ4n) is 5.37. The van der Waals surface area contributed by atoms with Crippen molar-refractivity contribution in [2.24, 2.45) is 5.92 Å². The van der Waals surface area contributed by atoms with Crippen LogP contribution in [0, 0.1) is 28.6 Å². The summed E-state index contributed by atoms with van der Waals surface area (Å²) in [7, 11) is -3.69.